The van der Waals surface area contributed by atoms with Crippen LogP contribution in [0.25, 0.3) is 0 Å². The third-order valence-electron chi connectivity index (χ3n) is 3.88. The minimum absolute atomic E-state index is 0.120. The molecule has 1 aromatic heterocycles. The van der Waals surface area contributed by atoms with Crippen molar-refractivity contribution in [1.29, 1.82) is 0 Å². The number of amides is 2. The number of ether oxygens (including phenoxy) is 1. The Bertz CT molecular complexity index is 716. The first-order valence-electron chi connectivity index (χ1n) is 7.71. The van der Waals surface area contributed by atoms with Crippen LogP contribution in [0.1, 0.15) is 17.4 Å². The van der Waals surface area contributed by atoms with Crippen molar-refractivity contribution >= 4 is 11.8 Å². The summed E-state index contributed by atoms with van der Waals surface area (Å²) in [5.74, 6) is 0.297. The average Bonchev–Trinajstić information content (AvgIpc) is 3.00. The van der Waals surface area contributed by atoms with Gasteiger partial charge in [-0.1, -0.05) is 30.3 Å². The fourth-order valence-electron chi connectivity index (χ4n) is 2.63. The van der Waals surface area contributed by atoms with Crippen molar-refractivity contribution in [1.82, 2.24) is 25.4 Å². The van der Waals surface area contributed by atoms with Gasteiger partial charge in [-0.15, -0.1) is 10.2 Å². The summed E-state index contributed by atoms with van der Waals surface area (Å²) in [4.78, 5) is 24.1. The molecule has 2 atom stereocenters. The largest absolute Gasteiger partial charge is 0.356 e. The Morgan fingerprint density at radius 3 is 2.92 bits per heavy atom. The highest BCUT2D eigenvalue weighted by Crippen LogP contribution is 2.22. The molecule has 0 unspecified atom stereocenters. The van der Waals surface area contributed by atoms with Crippen molar-refractivity contribution in [2.75, 3.05) is 13.2 Å². The van der Waals surface area contributed by atoms with Crippen LogP contribution in [0.15, 0.2) is 36.7 Å². The van der Waals surface area contributed by atoms with Crippen LogP contribution >= 0.6 is 0 Å². The van der Waals surface area contributed by atoms with Gasteiger partial charge in [0.1, 0.15) is 18.8 Å². The van der Waals surface area contributed by atoms with Crippen molar-refractivity contribution in [2.24, 2.45) is 7.05 Å². The van der Waals surface area contributed by atoms with E-state index >= 15 is 0 Å². The Morgan fingerprint density at radius 2 is 2.21 bits per heavy atom. The van der Waals surface area contributed by atoms with Gasteiger partial charge in [-0.25, -0.2) is 0 Å². The minimum atomic E-state index is -0.760. The summed E-state index contributed by atoms with van der Waals surface area (Å²) >= 11 is 0. The van der Waals surface area contributed by atoms with Gasteiger partial charge in [0.2, 0.25) is 5.91 Å². The van der Waals surface area contributed by atoms with Crippen molar-refractivity contribution in [3.63, 3.8) is 0 Å². The van der Waals surface area contributed by atoms with E-state index < -0.39 is 12.1 Å². The van der Waals surface area contributed by atoms with Crippen LogP contribution in [0.4, 0.5) is 0 Å². The normalized spacial score (nSPS) is 20.5. The van der Waals surface area contributed by atoms with Gasteiger partial charge in [-0.05, 0) is 5.56 Å². The predicted octanol–water partition coefficient (Wildman–Crippen LogP) is -0.270. The highest BCUT2D eigenvalue weighted by molar-refractivity contribution is 5.86. The van der Waals surface area contributed by atoms with Crippen LogP contribution in [0.5, 0.6) is 0 Å². The van der Waals surface area contributed by atoms with Crippen molar-refractivity contribution in [3.05, 3.63) is 48.0 Å². The van der Waals surface area contributed by atoms with E-state index in [4.69, 9.17) is 4.74 Å². The maximum Gasteiger partial charge on any atom is 0.251 e. The molecule has 1 aliphatic rings. The molecule has 8 heteroatoms. The number of benzene rings is 1. The summed E-state index contributed by atoms with van der Waals surface area (Å²) in [6, 6.07) is 8.82. The second-order valence-electron chi connectivity index (χ2n) is 5.59. The van der Waals surface area contributed by atoms with E-state index in [0.717, 1.165) is 11.4 Å². The number of nitrogens with one attached hydrogen (secondary N) is 2. The SMILES string of the molecule is Cn1cnnc1CCNC(=O)[C@H]1OCC(=O)N[C@@H]1c1ccccc1. The van der Waals surface area contributed by atoms with Crippen LogP contribution in [0.2, 0.25) is 0 Å². The van der Waals surface area contributed by atoms with Crippen LogP contribution in [0, 0.1) is 0 Å². The van der Waals surface area contributed by atoms with Crippen molar-refractivity contribution in [2.45, 2.75) is 18.6 Å². The van der Waals surface area contributed by atoms with E-state index in [0.29, 0.717) is 13.0 Å². The molecule has 0 spiro atoms. The summed E-state index contributed by atoms with van der Waals surface area (Å²) < 4.78 is 7.28. The fourth-order valence-corrected chi connectivity index (χ4v) is 2.63. The first kappa shape index (κ1) is 16.1. The van der Waals surface area contributed by atoms with Crippen molar-refractivity contribution in [3.8, 4) is 0 Å². The lowest BCUT2D eigenvalue weighted by Gasteiger charge is -2.31. The topological polar surface area (TPSA) is 98.1 Å². The highest BCUT2D eigenvalue weighted by atomic mass is 16.5. The van der Waals surface area contributed by atoms with E-state index in [1.807, 2.05) is 37.4 Å². The van der Waals surface area contributed by atoms with Gasteiger partial charge in [-0.2, -0.15) is 0 Å². The molecule has 2 N–H and O–H groups in total. The lowest BCUT2D eigenvalue weighted by molar-refractivity contribution is -0.148. The second kappa shape index (κ2) is 7.22. The van der Waals surface area contributed by atoms with E-state index in [9.17, 15) is 9.59 Å². The molecule has 0 radical (unpaired) electrons. The molecular formula is C16H19N5O3. The summed E-state index contributed by atoms with van der Waals surface area (Å²) in [5.41, 5.74) is 0.832. The average molecular weight is 329 g/mol. The number of hydrogen-bond donors (Lipinski definition) is 2. The zero-order valence-corrected chi connectivity index (χ0v) is 13.3. The molecule has 0 saturated carbocycles. The Balaban J connectivity index is 1.63. The van der Waals surface area contributed by atoms with Gasteiger partial charge in [-0.3, -0.25) is 9.59 Å². The van der Waals surface area contributed by atoms with Crippen LogP contribution < -0.4 is 10.6 Å². The Labute approximate surface area is 139 Å². The lowest BCUT2D eigenvalue weighted by atomic mass is 9.99. The fraction of sp³-hybridized carbons (Fsp3) is 0.375. The molecule has 24 heavy (non-hydrogen) atoms. The molecule has 2 heterocycles. The molecule has 8 nitrogen and oxygen atoms in total. The standard InChI is InChI=1S/C16H19N5O3/c1-21-10-18-20-12(21)7-8-17-16(23)15-14(19-13(22)9-24-15)11-5-3-2-4-6-11/h2-6,10,14-15H,7-9H2,1H3,(H,17,23)(H,19,22)/t14-,15+/m1/s1. The lowest BCUT2D eigenvalue weighted by Crippen LogP contribution is -2.52. The van der Waals surface area contributed by atoms with Crippen LogP contribution in [-0.4, -0.2) is 45.8 Å². The van der Waals surface area contributed by atoms with E-state index in [2.05, 4.69) is 20.8 Å². The Kier molecular flexibility index (Phi) is 4.85. The molecule has 2 aromatic rings. The molecule has 0 aliphatic carbocycles. The van der Waals surface area contributed by atoms with Gasteiger partial charge < -0.3 is 19.9 Å². The molecule has 1 fully saturated rings. The molecule has 2 amide bonds. The number of rotatable bonds is 5. The number of carbonyl (C=O) groups excluding carboxylic acids is 2. The number of aryl methyl sites for hydroxylation is 1. The molecule has 0 bridgehead atoms. The summed E-state index contributed by atoms with van der Waals surface area (Å²) in [6.07, 6.45) is 1.42. The molecular weight excluding hydrogens is 310 g/mol. The maximum atomic E-state index is 12.5. The predicted molar refractivity (Wildman–Crippen MR) is 84.8 cm³/mol. The summed E-state index contributed by atoms with van der Waals surface area (Å²) in [5, 5.41) is 13.4. The first-order chi connectivity index (χ1) is 11.6. The van der Waals surface area contributed by atoms with Crippen molar-refractivity contribution < 1.29 is 14.3 Å². The van der Waals surface area contributed by atoms with Crippen LogP contribution in [0.3, 0.4) is 0 Å². The number of carbonyl (C=O) groups is 2. The Hall–Kier alpha value is -2.74. The monoisotopic (exact) mass is 329 g/mol. The van der Waals surface area contributed by atoms with Gasteiger partial charge in [0.15, 0.2) is 6.10 Å². The molecule has 1 aliphatic heterocycles. The zero-order valence-electron chi connectivity index (χ0n) is 13.3. The van der Waals surface area contributed by atoms with Gasteiger partial charge in [0, 0.05) is 20.0 Å². The number of hydrogen-bond acceptors (Lipinski definition) is 5. The zero-order chi connectivity index (χ0) is 16.9. The van der Waals surface area contributed by atoms with Crippen LogP contribution in [-0.2, 0) is 27.8 Å². The molecule has 1 saturated heterocycles. The minimum Gasteiger partial charge on any atom is -0.356 e. The third kappa shape index (κ3) is 3.60. The second-order valence-corrected chi connectivity index (χ2v) is 5.59. The molecule has 126 valence electrons. The third-order valence-corrected chi connectivity index (χ3v) is 3.88. The Morgan fingerprint density at radius 1 is 1.42 bits per heavy atom. The smallest absolute Gasteiger partial charge is 0.251 e. The molecule has 3 rings (SSSR count). The first-order valence-corrected chi connectivity index (χ1v) is 7.71. The van der Waals surface area contributed by atoms with E-state index in [1.54, 1.807) is 10.9 Å². The number of aromatic nitrogens is 3. The van der Waals surface area contributed by atoms with Gasteiger partial charge in [0.05, 0.1) is 6.04 Å². The summed E-state index contributed by atoms with van der Waals surface area (Å²) in [7, 11) is 1.85. The number of nitrogens with zero attached hydrogens (tertiary/aromatic N) is 3. The summed E-state index contributed by atoms with van der Waals surface area (Å²) in [6.45, 7) is 0.297. The number of morpholine rings is 1. The van der Waals surface area contributed by atoms with E-state index in [1.165, 1.54) is 0 Å². The quantitative estimate of drug-likeness (QED) is 0.787. The maximum absolute atomic E-state index is 12.5. The van der Waals surface area contributed by atoms with Gasteiger partial charge in [0.25, 0.3) is 5.91 Å². The van der Waals surface area contributed by atoms with Gasteiger partial charge >= 0.3 is 0 Å². The van der Waals surface area contributed by atoms with E-state index in [-0.39, 0.29) is 18.4 Å². The highest BCUT2D eigenvalue weighted by Gasteiger charge is 2.35. The molecule has 1 aromatic carbocycles.